The molecule has 28 heavy (non-hydrogen) atoms. The van der Waals surface area contributed by atoms with Crippen LogP contribution in [0.15, 0.2) is 67.0 Å². The van der Waals surface area contributed by atoms with Crippen LogP contribution >= 0.6 is 0 Å². The lowest BCUT2D eigenvalue weighted by molar-refractivity contribution is -0.123. The predicted octanol–water partition coefficient (Wildman–Crippen LogP) is 3.97. The second-order valence-corrected chi connectivity index (χ2v) is 6.58. The molecule has 1 heterocycles. The van der Waals surface area contributed by atoms with Crippen molar-refractivity contribution >= 4 is 5.91 Å². The highest BCUT2D eigenvalue weighted by atomic mass is 16.5. The third-order valence-electron chi connectivity index (χ3n) is 4.30. The largest absolute Gasteiger partial charge is 0.489 e. The lowest BCUT2D eigenvalue weighted by atomic mass is 10.1. The van der Waals surface area contributed by atoms with Crippen LogP contribution in [0.1, 0.15) is 22.3 Å². The maximum atomic E-state index is 12.1. The molecule has 0 aliphatic rings. The second kappa shape index (κ2) is 9.55. The van der Waals surface area contributed by atoms with Gasteiger partial charge in [0.15, 0.2) is 6.61 Å². The zero-order valence-electron chi connectivity index (χ0n) is 16.1. The Morgan fingerprint density at radius 2 is 1.68 bits per heavy atom. The first kappa shape index (κ1) is 19.4. The van der Waals surface area contributed by atoms with Crippen LogP contribution in [0.3, 0.4) is 0 Å². The van der Waals surface area contributed by atoms with E-state index in [-0.39, 0.29) is 12.5 Å². The van der Waals surface area contributed by atoms with Crippen molar-refractivity contribution in [2.45, 2.75) is 27.0 Å². The summed E-state index contributed by atoms with van der Waals surface area (Å²) in [6, 6.07) is 17.4. The van der Waals surface area contributed by atoms with Crippen molar-refractivity contribution in [2.24, 2.45) is 0 Å². The van der Waals surface area contributed by atoms with E-state index < -0.39 is 0 Å². The number of rotatable bonds is 8. The van der Waals surface area contributed by atoms with Gasteiger partial charge in [-0.15, -0.1) is 0 Å². The fourth-order valence-electron chi connectivity index (χ4n) is 2.77. The van der Waals surface area contributed by atoms with Crippen LogP contribution in [0.25, 0.3) is 0 Å². The molecule has 0 spiro atoms. The topological polar surface area (TPSA) is 60.5 Å². The van der Waals surface area contributed by atoms with Crippen LogP contribution in [0, 0.1) is 13.8 Å². The van der Waals surface area contributed by atoms with Crippen molar-refractivity contribution in [2.75, 3.05) is 6.61 Å². The van der Waals surface area contributed by atoms with Gasteiger partial charge in [-0.05, 0) is 48.7 Å². The number of hydrogen-bond donors (Lipinski definition) is 1. The molecule has 1 N–H and O–H groups in total. The van der Waals surface area contributed by atoms with Gasteiger partial charge in [0.1, 0.15) is 18.1 Å². The molecular formula is C23H24N2O3. The van der Waals surface area contributed by atoms with E-state index in [0.717, 1.165) is 33.8 Å². The number of aromatic nitrogens is 1. The van der Waals surface area contributed by atoms with Crippen LogP contribution in [0.4, 0.5) is 0 Å². The Balaban J connectivity index is 1.43. The number of ether oxygens (including phenoxy) is 2. The first-order chi connectivity index (χ1) is 13.6. The fraction of sp³-hybridized carbons (Fsp3) is 0.217. The van der Waals surface area contributed by atoms with Crippen LogP contribution in [0.2, 0.25) is 0 Å². The molecule has 144 valence electrons. The number of nitrogens with one attached hydrogen (secondary N) is 1. The molecule has 0 saturated heterocycles. The Labute approximate surface area is 165 Å². The van der Waals surface area contributed by atoms with Crippen LogP contribution < -0.4 is 14.8 Å². The fourth-order valence-corrected chi connectivity index (χ4v) is 2.77. The van der Waals surface area contributed by atoms with E-state index in [4.69, 9.17) is 9.47 Å². The van der Waals surface area contributed by atoms with E-state index in [1.807, 2.05) is 68.4 Å². The molecule has 3 rings (SSSR count). The number of pyridine rings is 1. The van der Waals surface area contributed by atoms with Crippen molar-refractivity contribution < 1.29 is 14.3 Å². The molecule has 0 radical (unpaired) electrons. The number of hydrogen-bond acceptors (Lipinski definition) is 4. The summed E-state index contributed by atoms with van der Waals surface area (Å²) in [5.74, 6) is 1.39. The van der Waals surface area contributed by atoms with Gasteiger partial charge in [-0.2, -0.15) is 0 Å². The number of nitrogens with zero attached hydrogens (tertiary/aromatic N) is 1. The minimum atomic E-state index is -0.153. The number of benzene rings is 2. The molecule has 5 nitrogen and oxygen atoms in total. The Morgan fingerprint density at radius 3 is 2.36 bits per heavy atom. The molecule has 2 aromatic carbocycles. The normalized spacial score (nSPS) is 10.4. The molecule has 1 amide bonds. The summed E-state index contributed by atoms with van der Waals surface area (Å²) in [6.07, 6.45) is 3.52. The van der Waals surface area contributed by atoms with Gasteiger partial charge in [-0.25, -0.2) is 0 Å². The Bertz CT molecular complexity index is 889. The van der Waals surface area contributed by atoms with E-state index in [0.29, 0.717) is 13.2 Å². The molecule has 0 unspecified atom stereocenters. The van der Waals surface area contributed by atoms with Gasteiger partial charge in [0, 0.05) is 24.5 Å². The first-order valence-corrected chi connectivity index (χ1v) is 9.18. The summed E-state index contributed by atoms with van der Waals surface area (Å²) in [6.45, 7) is 4.85. The average Bonchev–Trinajstić information content (AvgIpc) is 2.72. The molecule has 0 bridgehead atoms. The van der Waals surface area contributed by atoms with Crippen LogP contribution in [-0.4, -0.2) is 17.5 Å². The maximum absolute atomic E-state index is 12.1. The molecule has 0 saturated carbocycles. The zero-order valence-corrected chi connectivity index (χ0v) is 16.1. The molecule has 0 aliphatic heterocycles. The third-order valence-corrected chi connectivity index (χ3v) is 4.30. The lowest BCUT2D eigenvalue weighted by Crippen LogP contribution is -2.28. The summed E-state index contributed by atoms with van der Waals surface area (Å²) in [5.41, 5.74) is 4.06. The van der Waals surface area contributed by atoms with Gasteiger partial charge in [-0.1, -0.05) is 36.4 Å². The molecule has 1 aromatic heterocycles. The number of carbonyl (C=O) groups is 1. The van der Waals surface area contributed by atoms with E-state index in [1.165, 1.54) is 0 Å². The Kier molecular flexibility index (Phi) is 6.63. The highest BCUT2D eigenvalue weighted by molar-refractivity contribution is 5.77. The first-order valence-electron chi connectivity index (χ1n) is 9.18. The van der Waals surface area contributed by atoms with Gasteiger partial charge >= 0.3 is 0 Å². The number of amides is 1. The standard InChI is InChI=1S/C23H24N2O3/c1-17-5-3-6-18(2)23(17)28-16-22(26)25-14-19-8-10-21(11-9-19)27-15-20-7-4-12-24-13-20/h3-13H,14-16H2,1-2H3,(H,25,26). The summed E-state index contributed by atoms with van der Waals surface area (Å²) in [4.78, 5) is 16.1. The van der Waals surface area contributed by atoms with Gasteiger partial charge in [0.2, 0.25) is 0 Å². The monoisotopic (exact) mass is 376 g/mol. The molecule has 3 aromatic rings. The van der Waals surface area contributed by atoms with Gasteiger partial charge in [0.25, 0.3) is 5.91 Å². The average molecular weight is 376 g/mol. The van der Waals surface area contributed by atoms with Crippen molar-refractivity contribution in [3.63, 3.8) is 0 Å². The van der Waals surface area contributed by atoms with Crippen molar-refractivity contribution in [1.29, 1.82) is 0 Å². The Hall–Kier alpha value is -3.34. The summed E-state index contributed by atoms with van der Waals surface area (Å²) in [7, 11) is 0. The van der Waals surface area contributed by atoms with Crippen LogP contribution in [-0.2, 0) is 17.9 Å². The third kappa shape index (κ3) is 5.58. The van der Waals surface area contributed by atoms with Crippen molar-refractivity contribution in [3.8, 4) is 11.5 Å². The van der Waals surface area contributed by atoms with E-state index in [1.54, 1.807) is 12.4 Å². The predicted molar refractivity (Wildman–Crippen MR) is 108 cm³/mol. The minimum Gasteiger partial charge on any atom is -0.489 e. The molecule has 5 heteroatoms. The van der Waals surface area contributed by atoms with Crippen LogP contribution in [0.5, 0.6) is 11.5 Å². The summed E-state index contributed by atoms with van der Waals surface area (Å²) in [5, 5.41) is 2.87. The molecule has 0 aliphatic carbocycles. The van der Waals surface area contributed by atoms with Crippen molar-refractivity contribution in [3.05, 3.63) is 89.2 Å². The smallest absolute Gasteiger partial charge is 0.258 e. The highest BCUT2D eigenvalue weighted by Gasteiger charge is 2.07. The van der Waals surface area contributed by atoms with E-state index in [9.17, 15) is 4.79 Å². The Morgan fingerprint density at radius 1 is 0.929 bits per heavy atom. The number of aryl methyl sites for hydroxylation is 2. The molecule has 0 fully saturated rings. The van der Waals surface area contributed by atoms with E-state index in [2.05, 4.69) is 10.3 Å². The maximum Gasteiger partial charge on any atom is 0.258 e. The molecule has 0 atom stereocenters. The molecular weight excluding hydrogens is 352 g/mol. The zero-order chi connectivity index (χ0) is 19.8. The number of carbonyl (C=O) groups excluding carboxylic acids is 1. The summed E-state index contributed by atoms with van der Waals surface area (Å²) >= 11 is 0. The SMILES string of the molecule is Cc1cccc(C)c1OCC(=O)NCc1ccc(OCc2cccnc2)cc1. The lowest BCUT2D eigenvalue weighted by Gasteiger charge is -2.12. The van der Waals surface area contributed by atoms with Gasteiger partial charge < -0.3 is 14.8 Å². The summed E-state index contributed by atoms with van der Waals surface area (Å²) < 4.78 is 11.4. The highest BCUT2D eigenvalue weighted by Crippen LogP contribution is 2.22. The van der Waals surface area contributed by atoms with E-state index >= 15 is 0 Å². The quantitative estimate of drug-likeness (QED) is 0.646. The van der Waals surface area contributed by atoms with Crippen molar-refractivity contribution in [1.82, 2.24) is 10.3 Å². The second-order valence-electron chi connectivity index (χ2n) is 6.58. The van der Waals surface area contributed by atoms with Gasteiger partial charge in [-0.3, -0.25) is 9.78 Å². The van der Waals surface area contributed by atoms with Gasteiger partial charge in [0.05, 0.1) is 0 Å². The minimum absolute atomic E-state index is 0.00198. The number of para-hydroxylation sites is 1.